The van der Waals surface area contributed by atoms with Gasteiger partial charge in [-0.25, -0.2) is 0 Å². The number of aromatic amines is 1. The maximum Gasteiger partial charge on any atom is 0.195 e. The van der Waals surface area contributed by atoms with Crippen LogP contribution in [0.2, 0.25) is 0 Å². The highest BCUT2D eigenvalue weighted by atomic mass is 32.1. The lowest BCUT2D eigenvalue weighted by atomic mass is 9.88. The molecule has 1 aliphatic rings. The number of rotatable bonds is 3. The first-order valence-electron chi connectivity index (χ1n) is 6.73. The third-order valence-corrected chi connectivity index (χ3v) is 4.42. The lowest BCUT2D eigenvalue weighted by Gasteiger charge is -2.29. The van der Waals surface area contributed by atoms with E-state index in [1.54, 1.807) is 0 Å². The summed E-state index contributed by atoms with van der Waals surface area (Å²) in [6, 6.07) is 0.566. The molecular weight excluding hydrogens is 230 g/mol. The molecule has 0 bridgehead atoms. The van der Waals surface area contributed by atoms with E-state index in [0.29, 0.717) is 6.04 Å². The summed E-state index contributed by atoms with van der Waals surface area (Å²) in [5.41, 5.74) is 0.102. The maximum absolute atomic E-state index is 5.42. The quantitative estimate of drug-likeness (QED) is 0.822. The fourth-order valence-corrected chi connectivity index (χ4v) is 2.90. The molecule has 1 fully saturated rings. The molecule has 1 heterocycles. The molecule has 1 N–H and O–H groups in total. The Balaban J connectivity index is 2.38. The monoisotopic (exact) mass is 253 g/mol. The molecule has 1 aliphatic carbocycles. The molecule has 1 aromatic rings. The Hall–Kier alpha value is -0.640. The fraction of sp³-hybridized carbons (Fsp3) is 0.846. The summed E-state index contributed by atoms with van der Waals surface area (Å²) in [5, 5.41) is 7.47. The lowest BCUT2D eigenvalue weighted by molar-refractivity contribution is 0.321. The van der Waals surface area contributed by atoms with Crippen LogP contribution in [-0.4, -0.2) is 14.8 Å². The first-order valence-corrected chi connectivity index (χ1v) is 7.14. The fourth-order valence-electron chi connectivity index (χ4n) is 2.62. The normalized spacial score (nSPS) is 18.5. The van der Waals surface area contributed by atoms with Crippen molar-refractivity contribution in [2.45, 2.75) is 70.8 Å². The third kappa shape index (κ3) is 2.46. The van der Waals surface area contributed by atoms with E-state index in [-0.39, 0.29) is 5.41 Å². The van der Waals surface area contributed by atoms with E-state index in [1.807, 2.05) is 0 Å². The first-order chi connectivity index (χ1) is 8.06. The Morgan fingerprint density at radius 2 is 2.00 bits per heavy atom. The minimum atomic E-state index is 0.102. The molecule has 1 saturated carbocycles. The van der Waals surface area contributed by atoms with Crippen LogP contribution in [0.5, 0.6) is 0 Å². The van der Waals surface area contributed by atoms with Crippen molar-refractivity contribution in [1.29, 1.82) is 0 Å². The first kappa shape index (κ1) is 12.8. The lowest BCUT2D eigenvalue weighted by Crippen LogP contribution is -2.25. The van der Waals surface area contributed by atoms with Gasteiger partial charge in [0, 0.05) is 11.5 Å². The number of aromatic nitrogens is 3. The van der Waals surface area contributed by atoms with E-state index in [1.165, 1.54) is 32.1 Å². The van der Waals surface area contributed by atoms with Gasteiger partial charge in [0.1, 0.15) is 5.82 Å². The van der Waals surface area contributed by atoms with Gasteiger partial charge in [-0.1, -0.05) is 40.0 Å². The van der Waals surface area contributed by atoms with Crippen LogP contribution in [0, 0.1) is 4.77 Å². The number of nitrogens with zero attached hydrogens (tertiary/aromatic N) is 2. The van der Waals surface area contributed by atoms with E-state index < -0.39 is 0 Å². The van der Waals surface area contributed by atoms with Gasteiger partial charge in [-0.05, 0) is 31.5 Å². The van der Waals surface area contributed by atoms with Crippen LogP contribution in [0.15, 0.2) is 0 Å². The predicted molar refractivity (Wildman–Crippen MR) is 72.9 cm³/mol. The number of nitrogens with one attached hydrogen (secondary N) is 1. The molecule has 4 heteroatoms. The van der Waals surface area contributed by atoms with Gasteiger partial charge in [0.05, 0.1) is 0 Å². The molecule has 0 radical (unpaired) electrons. The summed E-state index contributed by atoms with van der Waals surface area (Å²) in [5.74, 6) is 1.14. The molecule has 2 rings (SSSR count). The summed E-state index contributed by atoms with van der Waals surface area (Å²) >= 11 is 5.42. The van der Waals surface area contributed by atoms with Gasteiger partial charge in [-0.2, -0.15) is 5.10 Å². The SMILES string of the molecule is CCC(C)(C)c1n[nH]c(=S)n1C1CCCCC1. The summed E-state index contributed by atoms with van der Waals surface area (Å²) in [6.07, 6.45) is 7.60. The van der Waals surface area contributed by atoms with Gasteiger partial charge in [0.25, 0.3) is 0 Å². The van der Waals surface area contributed by atoms with Crippen molar-refractivity contribution >= 4 is 12.2 Å². The molecule has 96 valence electrons. The van der Waals surface area contributed by atoms with E-state index in [9.17, 15) is 0 Å². The average molecular weight is 253 g/mol. The topological polar surface area (TPSA) is 33.6 Å². The molecule has 0 amide bonds. The van der Waals surface area contributed by atoms with Gasteiger partial charge < -0.3 is 4.57 Å². The van der Waals surface area contributed by atoms with Gasteiger partial charge in [-0.3, -0.25) is 5.10 Å². The molecule has 17 heavy (non-hydrogen) atoms. The van der Waals surface area contributed by atoms with Crippen LogP contribution in [0.1, 0.15) is 71.2 Å². The van der Waals surface area contributed by atoms with Crippen molar-refractivity contribution in [3.8, 4) is 0 Å². The molecule has 0 aromatic carbocycles. The second-order valence-corrected chi connectivity index (χ2v) is 6.14. The molecule has 0 saturated heterocycles. The zero-order valence-corrected chi connectivity index (χ0v) is 11.9. The molecular formula is C13H23N3S. The van der Waals surface area contributed by atoms with Crippen molar-refractivity contribution < 1.29 is 0 Å². The highest BCUT2D eigenvalue weighted by Gasteiger charge is 2.28. The number of H-pyrrole nitrogens is 1. The second kappa shape index (κ2) is 4.92. The Labute approximate surface area is 109 Å². The molecule has 1 aromatic heterocycles. The van der Waals surface area contributed by atoms with E-state index >= 15 is 0 Å². The summed E-state index contributed by atoms with van der Waals surface area (Å²) in [7, 11) is 0. The molecule has 0 unspecified atom stereocenters. The van der Waals surface area contributed by atoms with Crippen LogP contribution < -0.4 is 0 Å². The van der Waals surface area contributed by atoms with E-state index in [4.69, 9.17) is 12.2 Å². The summed E-state index contributed by atoms with van der Waals surface area (Å²) in [6.45, 7) is 6.71. The second-order valence-electron chi connectivity index (χ2n) is 5.75. The summed E-state index contributed by atoms with van der Waals surface area (Å²) in [4.78, 5) is 0. The Morgan fingerprint density at radius 1 is 1.35 bits per heavy atom. The van der Waals surface area contributed by atoms with Gasteiger partial charge in [-0.15, -0.1) is 0 Å². The minimum Gasteiger partial charge on any atom is -0.301 e. The molecule has 3 nitrogen and oxygen atoms in total. The zero-order chi connectivity index (χ0) is 12.5. The Bertz CT molecular complexity index is 424. The van der Waals surface area contributed by atoms with Crippen LogP contribution in [0.3, 0.4) is 0 Å². The highest BCUT2D eigenvalue weighted by molar-refractivity contribution is 7.71. The van der Waals surface area contributed by atoms with Crippen LogP contribution in [0.25, 0.3) is 0 Å². The van der Waals surface area contributed by atoms with Gasteiger partial charge in [0.2, 0.25) is 0 Å². The van der Waals surface area contributed by atoms with Crippen LogP contribution in [0.4, 0.5) is 0 Å². The summed E-state index contributed by atoms with van der Waals surface area (Å²) < 4.78 is 3.09. The Kier molecular flexibility index (Phi) is 3.71. The van der Waals surface area contributed by atoms with Crippen molar-refractivity contribution in [3.05, 3.63) is 10.6 Å². The average Bonchev–Trinajstić information content (AvgIpc) is 2.73. The smallest absolute Gasteiger partial charge is 0.195 e. The van der Waals surface area contributed by atoms with Crippen LogP contribution in [-0.2, 0) is 5.41 Å². The standard InChI is InChI=1S/C13H23N3S/c1-4-13(2,3)11-14-15-12(17)16(11)10-8-6-5-7-9-10/h10H,4-9H2,1-3H3,(H,15,17). The van der Waals surface area contributed by atoms with Crippen molar-refractivity contribution in [2.75, 3.05) is 0 Å². The van der Waals surface area contributed by atoms with Crippen molar-refractivity contribution in [3.63, 3.8) is 0 Å². The largest absolute Gasteiger partial charge is 0.301 e. The minimum absolute atomic E-state index is 0.102. The predicted octanol–water partition coefficient (Wildman–Crippen LogP) is 4.13. The zero-order valence-electron chi connectivity index (χ0n) is 11.1. The van der Waals surface area contributed by atoms with E-state index in [2.05, 4.69) is 35.5 Å². The molecule has 0 aliphatic heterocycles. The van der Waals surface area contributed by atoms with Crippen LogP contribution >= 0.6 is 12.2 Å². The van der Waals surface area contributed by atoms with Gasteiger partial charge >= 0.3 is 0 Å². The number of hydrogen-bond donors (Lipinski definition) is 1. The molecule has 0 spiro atoms. The van der Waals surface area contributed by atoms with Gasteiger partial charge in [0.15, 0.2) is 4.77 Å². The third-order valence-electron chi connectivity index (χ3n) is 4.13. The number of hydrogen-bond acceptors (Lipinski definition) is 2. The maximum atomic E-state index is 5.42. The molecule has 0 atom stereocenters. The van der Waals surface area contributed by atoms with E-state index in [0.717, 1.165) is 17.0 Å². The highest BCUT2D eigenvalue weighted by Crippen LogP contribution is 2.33. The Morgan fingerprint density at radius 3 is 2.59 bits per heavy atom. The van der Waals surface area contributed by atoms with Crippen molar-refractivity contribution in [1.82, 2.24) is 14.8 Å². The van der Waals surface area contributed by atoms with Crippen molar-refractivity contribution in [2.24, 2.45) is 0 Å².